The van der Waals surface area contributed by atoms with E-state index in [9.17, 15) is 0 Å². The third-order valence-electron chi connectivity index (χ3n) is 3.17. The van der Waals surface area contributed by atoms with E-state index in [1.54, 1.807) is 0 Å². The van der Waals surface area contributed by atoms with Crippen molar-refractivity contribution < 1.29 is 0 Å². The van der Waals surface area contributed by atoms with Gasteiger partial charge in [0, 0.05) is 13.1 Å². The van der Waals surface area contributed by atoms with Gasteiger partial charge in [-0.3, -0.25) is 4.90 Å². The maximum Gasteiger partial charge on any atom is 0.0242 e. The van der Waals surface area contributed by atoms with Crippen LogP contribution in [0.3, 0.4) is 0 Å². The Labute approximate surface area is 90.7 Å². The molecule has 2 rings (SSSR count). The number of thiophene rings is 1. The molecule has 1 atom stereocenters. The number of nitrogens with zero attached hydrogens (tertiary/aromatic N) is 1. The van der Waals surface area contributed by atoms with Crippen LogP contribution in [-0.4, -0.2) is 18.0 Å². The second kappa shape index (κ2) is 4.94. The van der Waals surface area contributed by atoms with Gasteiger partial charge in [-0.15, -0.1) is 0 Å². The standard InChI is InChI=1S/C12H19NS/c1-2-11-4-3-6-13(8-11)9-12-5-7-14-10-12/h5,7,10-11H,2-4,6,8-9H2,1H3/t11-/m1/s1. The molecule has 1 nitrogen and oxygen atoms in total. The summed E-state index contributed by atoms with van der Waals surface area (Å²) in [4.78, 5) is 2.61. The summed E-state index contributed by atoms with van der Waals surface area (Å²) in [6, 6.07) is 2.25. The predicted molar refractivity (Wildman–Crippen MR) is 62.6 cm³/mol. The smallest absolute Gasteiger partial charge is 0.0242 e. The summed E-state index contributed by atoms with van der Waals surface area (Å²) >= 11 is 1.81. The molecule has 1 aliphatic heterocycles. The monoisotopic (exact) mass is 209 g/mol. The fourth-order valence-electron chi connectivity index (χ4n) is 2.27. The fraction of sp³-hybridized carbons (Fsp3) is 0.667. The maximum atomic E-state index is 2.61. The number of likely N-dealkylation sites (tertiary alicyclic amines) is 1. The van der Waals surface area contributed by atoms with E-state index < -0.39 is 0 Å². The van der Waals surface area contributed by atoms with E-state index in [0.29, 0.717) is 0 Å². The number of hydrogen-bond acceptors (Lipinski definition) is 2. The minimum Gasteiger partial charge on any atom is -0.299 e. The summed E-state index contributed by atoms with van der Waals surface area (Å²) < 4.78 is 0. The molecule has 0 spiro atoms. The molecule has 0 aromatic carbocycles. The summed E-state index contributed by atoms with van der Waals surface area (Å²) in [6.07, 6.45) is 4.18. The molecule has 1 saturated heterocycles. The Morgan fingerprint density at radius 3 is 3.21 bits per heavy atom. The highest BCUT2D eigenvalue weighted by Crippen LogP contribution is 2.21. The van der Waals surface area contributed by atoms with Gasteiger partial charge in [0.2, 0.25) is 0 Å². The Hall–Kier alpha value is -0.340. The largest absolute Gasteiger partial charge is 0.299 e. The van der Waals surface area contributed by atoms with E-state index in [1.807, 2.05) is 11.3 Å². The van der Waals surface area contributed by atoms with Crippen molar-refractivity contribution in [2.45, 2.75) is 32.7 Å². The summed E-state index contributed by atoms with van der Waals surface area (Å²) in [5, 5.41) is 4.45. The molecule has 2 heteroatoms. The predicted octanol–water partition coefficient (Wildman–Crippen LogP) is 3.37. The van der Waals surface area contributed by atoms with Crippen molar-refractivity contribution >= 4 is 11.3 Å². The first-order valence-corrected chi connectivity index (χ1v) is 6.56. The molecule has 0 saturated carbocycles. The normalized spacial score (nSPS) is 23.9. The minimum absolute atomic E-state index is 0.947. The third-order valence-corrected chi connectivity index (χ3v) is 3.90. The molecule has 0 aliphatic carbocycles. The first kappa shape index (κ1) is 10.2. The lowest BCUT2D eigenvalue weighted by molar-refractivity contribution is 0.165. The van der Waals surface area contributed by atoms with Crippen LogP contribution in [0.4, 0.5) is 0 Å². The van der Waals surface area contributed by atoms with Crippen LogP contribution in [0.5, 0.6) is 0 Å². The van der Waals surface area contributed by atoms with Gasteiger partial charge in [0.25, 0.3) is 0 Å². The van der Waals surface area contributed by atoms with Crippen LogP contribution in [0.25, 0.3) is 0 Å². The van der Waals surface area contributed by atoms with Crippen LogP contribution in [0.1, 0.15) is 31.7 Å². The van der Waals surface area contributed by atoms with Crippen LogP contribution >= 0.6 is 11.3 Å². The Balaban J connectivity index is 1.86. The average Bonchev–Trinajstić information content (AvgIpc) is 2.71. The third kappa shape index (κ3) is 2.58. The minimum atomic E-state index is 0.947. The van der Waals surface area contributed by atoms with Gasteiger partial charge in [0.05, 0.1) is 0 Å². The lowest BCUT2D eigenvalue weighted by atomic mass is 9.95. The van der Waals surface area contributed by atoms with Gasteiger partial charge in [-0.25, -0.2) is 0 Å². The first-order chi connectivity index (χ1) is 6.88. The van der Waals surface area contributed by atoms with Crippen molar-refractivity contribution in [3.8, 4) is 0 Å². The van der Waals surface area contributed by atoms with E-state index in [2.05, 4.69) is 28.7 Å². The van der Waals surface area contributed by atoms with Crippen LogP contribution in [0.2, 0.25) is 0 Å². The highest BCUT2D eigenvalue weighted by molar-refractivity contribution is 7.07. The summed E-state index contributed by atoms with van der Waals surface area (Å²) in [5.74, 6) is 0.947. The molecule has 0 radical (unpaired) electrons. The zero-order valence-corrected chi connectivity index (χ0v) is 9.72. The number of hydrogen-bond donors (Lipinski definition) is 0. The molecule has 0 amide bonds. The quantitative estimate of drug-likeness (QED) is 0.738. The van der Waals surface area contributed by atoms with Gasteiger partial charge < -0.3 is 0 Å². The van der Waals surface area contributed by atoms with Crippen molar-refractivity contribution in [1.29, 1.82) is 0 Å². The molecule has 2 heterocycles. The molecule has 1 aliphatic rings. The molecule has 1 aromatic rings. The topological polar surface area (TPSA) is 3.24 Å². The summed E-state index contributed by atoms with van der Waals surface area (Å²) in [6.45, 7) is 6.09. The van der Waals surface area contributed by atoms with Gasteiger partial charge in [-0.2, -0.15) is 11.3 Å². The van der Waals surface area contributed by atoms with E-state index in [4.69, 9.17) is 0 Å². The van der Waals surface area contributed by atoms with Crippen LogP contribution < -0.4 is 0 Å². The van der Waals surface area contributed by atoms with E-state index in [0.717, 1.165) is 5.92 Å². The van der Waals surface area contributed by atoms with Crippen LogP contribution in [0.15, 0.2) is 16.8 Å². The van der Waals surface area contributed by atoms with Crippen LogP contribution in [-0.2, 0) is 6.54 Å². The van der Waals surface area contributed by atoms with E-state index in [1.165, 1.54) is 44.5 Å². The Kier molecular flexibility index (Phi) is 3.60. The lowest BCUT2D eigenvalue weighted by Crippen LogP contribution is -2.34. The van der Waals surface area contributed by atoms with E-state index >= 15 is 0 Å². The summed E-state index contributed by atoms with van der Waals surface area (Å²) in [7, 11) is 0. The zero-order chi connectivity index (χ0) is 9.80. The Bertz CT molecular complexity index is 255. The van der Waals surface area contributed by atoms with Gasteiger partial charge in [0.15, 0.2) is 0 Å². The van der Waals surface area contributed by atoms with Gasteiger partial charge in [-0.05, 0) is 47.7 Å². The molecule has 1 fully saturated rings. The number of rotatable bonds is 3. The molecule has 78 valence electrons. The SMILES string of the molecule is CC[C@@H]1CCCN(Cc2ccsc2)C1. The zero-order valence-electron chi connectivity index (χ0n) is 8.91. The second-order valence-electron chi connectivity index (χ2n) is 4.28. The molecule has 0 unspecified atom stereocenters. The molecule has 14 heavy (non-hydrogen) atoms. The molecule has 1 aromatic heterocycles. The Morgan fingerprint density at radius 2 is 2.50 bits per heavy atom. The average molecular weight is 209 g/mol. The molecule has 0 bridgehead atoms. The van der Waals surface area contributed by atoms with Gasteiger partial charge >= 0.3 is 0 Å². The number of piperidine rings is 1. The second-order valence-corrected chi connectivity index (χ2v) is 5.06. The highest BCUT2D eigenvalue weighted by atomic mass is 32.1. The van der Waals surface area contributed by atoms with Gasteiger partial charge in [-0.1, -0.05) is 13.3 Å². The van der Waals surface area contributed by atoms with E-state index in [-0.39, 0.29) is 0 Å². The maximum absolute atomic E-state index is 2.61. The molecule has 0 N–H and O–H groups in total. The Morgan fingerprint density at radius 1 is 1.57 bits per heavy atom. The lowest BCUT2D eigenvalue weighted by Gasteiger charge is -2.31. The van der Waals surface area contributed by atoms with Crippen LogP contribution in [0, 0.1) is 5.92 Å². The van der Waals surface area contributed by atoms with Crippen molar-refractivity contribution in [3.63, 3.8) is 0 Å². The van der Waals surface area contributed by atoms with Gasteiger partial charge in [0.1, 0.15) is 0 Å². The van der Waals surface area contributed by atoms with Crippen molar-refractivity contribution in [2.24, 2.45) is 5.92 Å². The fourth-order valence-corrected chi connectivity index (χ4v) is 2.93. The van der Waals surface area contributed by atoms with Crippen molar-refractivity contribution in [3.05, 3.63) is 22.4 Å². The highest BCUT2D eigenvalue weighted by Gasteiger charge is 2.18. The van der Waals surface area contributed by atoms with Crippen molar-refractivity contribution in [2.75, 3.05) is 13.1 Å². The first-order valence-electron chi connectivity index (χ1n) is 5.62. The molecular formula is C12H19NS. The van der Waals surface area contributed by atoms with Crippen molar-refractivity contribution in [1.82, 2.24) is 4.90 Å². The molecular weight excluding hydrogens is 190 g/mol. The summed E-state index contributed by atoms with van der Waals surface area (Å²) in [5.41, 5.74) is 1.49.